The maximum Gasteiger partial charge on any atom is 0.253 e. The largest absolute Gasteiger partial charge is 0.378 e. The molecule has 0 aromatic heterocycles. The van der Waals surface area contributed by atoms with Crippen molar-refractivity contribution in [3.8, 4) is 0 Å². The SMILES string of the molecule is CN(C)c1cccc(C(=O)N2CCC(N3CCc4ccccc4C3)C2)c1. The highest BCUT2D eigenvalue weighted by Crippen LogP contribution is 2.25. The van der Waals surface area contributed by atoms with Crippen molar-refractivity contribution in [1.82, 2.24) is 9.80 Å². The molecule has 1 unspecified atom stereocenters. The van der Waals surface area contributed by atoms with E-state index >= 15 is 0 Å². The fraction of sp³-hybridized carbons (Fsp3) is 0.409. The Hall–Kier alpha value is -2.33. The molecule has 4 nitrogen and oxygen atoms in total. The second-order valence-corrected chi connectivity index (χ2v) is 7.63. The number of nitrogens with zero attached hydrogens (tertiary/aromatic N) is 3. The minimum absolute atomic E-state index is 0.161. The number of carbonyl (C=O) groups is 1. The third kappa shape index (κ3) is 3.34. The molecule has 0 radical (unpaired) electrons. The van der Waals surface area contributed by atoms with Gasteiger partial charge in [-0.05, 0) is 42.2 Å². The van der Waals surface area contributed by atoms with E-state index in [1.54, 1.807) is 0 Å². The van der Waals surface area contributed by atoms with Gasteiger partial charge in [-0.2, -0.15) is 0 Å². The highest BCUT2D eigenvalue weighted by atomic mass is 16.2. The van der Waals surface area contributed by atoms with E-state index in [2.05, 4.69) is 29.2 Å². The molecule has 0 saturated carbocycles. The van der Waals surface area contributed by atoms with Gasteiger partial charge >= 0.3 is 0 Å². The zero-order chi connectivity index (χ0) is 18.1. The van der Waals surface area contributed by atoms with Crippen LogP contribution in [0.3, 0.4) is 0 Å². The Balaban J connectivity index is 1.42. The maximum atomic E-state index is 12.9. The molecule has 2 aromatic rings. The lowest BCUT2D eigenvalue weighted by molar-refractivity contribution is 0.0773. The van der Waals surface area contributed by atoms with Crippen LogP contribution in [-0.4, -0.2) is 55.5 Å². The normalized spacial score (nSPS) is 20.1. The smallest absolute Gasteiger partial charge is 0.253 e. The Morgan fingerprint density at radius 3 is 2.65 bits per heavy atom. The molecule has 1 fully saturated rings. The van der Waals surface area contributed by atoms with Crippen LogP contribution in [0.15, 0.2) is 48.5 Å². The molecule has 26 heavy (non-hydrogen) atoms. The third-order valence-electron chi connectivity index (χ3n) is 5.74. The van der Waals surface area contributed by atoms with E-state index in [0.29, 0.717) is 6.04 Å². The predicted octanol–water partition coefficient (Wildman–Crippen LogP) is 3.03. The summed E-state index contributed by atoms with van der Waals surface area (Å²) in [6.07, 6.45) is 2.19. The van der Waals surface area contributed by atoms with Gasteiger partial charge < -0.3 is 9.80 Å². The summed E-state index contributed by atoms with van der Waals surface area (Å²) < 4.78 is 0. The first kappa shape index (κ1) is 17.1. The number of fused-ring (bicyclic) bond motifs is 1. The Bertz CT molecular complexity index is 801. The predicted molar refractivity (Wildman–Crippen MR) is 106 cm³/mol. The molecule has 0 spiro atoms. The van der Waals surface area contributed by atoms with Gasteiger partial charge in [0.05, 0.1) is 0 Å². The summed E-state index contributed by atoms with van der Waals surface area (Å²) in [5.74, 6) is 0.161. The molecule has 2 aliphatic heterocycles. The highest BCUT2D eigenvalue weighted by Gasteiger charge is 2.32. The van der Waals surface area contributed by atoms with Crippen LogP contribution in [0.4, 0.5) is 5.69 Å². The summed E-state index contributed by atoms with van der Waals surface area (Å²) in [7, 11) is 4.01. The average Bonchev–Trinajstić information content (AvgIpc) is 3.17. The number of carbonyl (C=O) groups excluding carboxylic acids is 1. The topological polar surface area (TPSA) is 26.8 Å². The summed E-state index contributed by atoms with van der Waals surface area (Å²) in [5.41, 5.74) is 4.79. The third-order valence-corrected chi connectivity index (χ3v) is 5.74. The van der Waals surface area contributed by atoms with Gasteiger partial charge in [-0.25, -0.2) is 0 Å². The molecule has 2 heterocycles. The molecule has 0 N–H and O–H groups in total. The zero-order valence-corrected chi connectivity index (χ0v) is 15.7. The van der Waals surface area contributed by atoms with E-state index in [1.165, 1.54) is 11.1 Å². The molecule has 4 heteroatoms. The molecule has 0 bridgehead atoms. The Morgan fingerprint density at radius 1 is 1.04 bits per heavy atom. The van der Waals surface area contributed by atoms with Gasteiger partial charge in [0.15, 0.2) is 0 Å². The quantitative estimate of drug-likeness (QED) is 0.852. The van der Waals surface area contributed by atoms with Gasteiger partial charge in [-0.1, -0.05) is 30.3 Å². The first-order valence-electron chi connectivity index (χ1n) is 9.49. The molecule has 1 saturated heterocycles. The van der Waals surface area contributed by atoms with E-state index in [1.807, 2.05) is 48.2 Å². The van der Waals surface area contributed by atoms with E-state index in [0.717, 1.165) is 50.3 Å². The number of amides is 1. The molecule has 0 aliphatic carbocycles. The fourth-order valence-electron chi connectivity index (χ4n) is 4.15. The molecule has 2 aromatic carbocycles. The Kier molecular flexibility index (Phi) is 4.68. The zero-order valence-electron chi connectivity index (χ0n) is 15.7. The van der Waals surface area contributed by atoms with Crippen molar-refractivity contribution in [3.63, 3.8) is 0 Å². The lowest BCUT2D eigenvalue weighted by Gasteiger charge is -2.33. The standard InChI is InChI=1S/C22H27N3O/c1-23(2)20-9-5-8-18(14-20)22(26)25-13-11-21(16-25)24-12-10-17-6-3-4-7-19(17)15-24/h3-9,14,21H,10-13,15-16H2,1-2H3. The van der Waals surface area contributed by atoms with E-state index < -0.39 is 0 Å². The van der Waals surface area contributed by atoms with Gasteiger partial charge in [0.25, 0.3) is 5.91 Å². The number of likely N-dealkylation sites (tertiary alicyclic amines) is 1. The fourth-order valence-corrected chi connectivity index (χ4v) is 4.15. The van der Waals surface area contributed by atoms with Crippen molar-refractivity contribution in [2.24, 2.45) is 0 Å². The minimum atomic E-state index is 0.161. The number of anilines is 1. The van der Waals surface area contributed by atoms with Crippen molar-refractivity contribution in [2.45, 2.75) is 25.4 Å². The van der Waals surface area contributed by atoms with E-state index in [9.17, 15) is 4.79 Å². The van der Waals surface area contributed by atoms with Crippen molar-refractivity contribution in [2.75, 3.05) is 38.6 Å². The first-order chi connectivity index (χ1) is 12.6. The van der Waals surface area contributed by atoms with E-state index in [-0.39, 0.29) is 5.91 Å². The van der Waals surface area contributed by atoms with Gasteiger partial charge in [0, 0.05) is 57.6 Å². The molecule has 4 rings (SSSR count). The molecule has 1 atom stereocenters. The van der Waals surface area contributed by atoms with Crippen LogP contribution in [-0.2, 0) is 13.0 Å². The minimum Gasteiger partial charge on any atom is -0.378 e. The van der Waals surface area contributed by atoms with Crippen LogP contribution in [0.2, 0.25) is 0 Å². The van der Waals surface area contributed by atoms with Crippen LogP contribution in [0, 0.1) is 0 Å². The van der Waals surface area contributed by atoms with Gasteiger partial charge in [0.1, 0.15) is 0 Å². The van der Waals surface area contributed by atoms with Crippen LogP contribution in [0.5, 0.6) is 0 Å². The number of rotatable bonds is 3. The van der Waals surface area contributed by atoms with Crippen molar-refractivity contribution < 1.29 is 4.79 Å². The lowest BCUT2D eigenvalue weighted by atomic mass is 9.98. The first-order valence-corrected chi connectivity index (χ1v) is 9.49. The Morgan fingerprint density at radius 2 is 1.85 bits per heavy atom. The summed E-state index contributed by atoms with van der Waals surface area (Å²) >= 11 is 0. The van der Waals surface area contributed by atoms with E-state index in [4.69, 9.17) is 0 Å². The van der Waals surface area contributed by atoms with Crippen molar-refractivity contribution in [1.29, 1.82) is 0 Å². The second-order valence-electron chi connectivity index (χ2n) is 7.63. The maximum absolute atomic E-state index is 12.9. The monoisotopic (exact) mass is 349 g/mol. The number of benzene rings is 2. The summed E-state index contributed by atoms with van der Waals surface area (Å²) in [5, 5.41) is 0. The van der Waals surface area contributed by atoms with Crippen molar-refractivity contribution >= 4 is 11.6 Å². The summed E-state index contributed by atoms with van der Waals surface area (Å²) in [4.78, 5) is 19.6. The summed E-state index contributed by atoms with van der Waals surface area (Å²) in [6, 6.07) is 17.2. The molecule has 136 valence electrons. The molecular weight excluding hydrogens is 322 g/mol. The highest BCUT2D eigenvalue weighted by molar-refractivity contribution is 5.95. The number of hydrogen-bond donors (Lipinski definition) is 0. The molecule has 2 aliphatic rings. The van der Waals surface area contributed by atoms with Crippen LogP contribution < -0.4 is 4.90 Å². The van der Waals surface area contributed by atoms with Crippen LogP contribution in [0.25, 0.3) is 0 Å². The lowest BCUT2D eigenvalue weighted by Crippen LogP contribution is -2.41. The van der Waals surface area contributed by atoms with Crippen molar-refractivity contribution in [3.05, 3.63) is 65.2 Å². The second kappa shape index (κ2) is 7.12. The van der Waals surface area contributed by atoms with Crippen LogP contribution >= 0.6 is 0 Å². The average molecular weight is 349 g/mol. The Labute approximate surface area is 156 Å². The van der Waals surface area contributed by atoms with Gasteiger partial charge in [-0.15, -0.1) is 0 Å². The summed E-state index contributed by atoms with van der Waals surface area (Å²) in [6.45, 7) is 3.81. The van der Waals surface area contributed by atoms with Gasteiger partial charge in [-0.3, -0.25) is 9.69 Å². The van der Waals surface area contributed by atoms with Crippen LogP contribution in [0.1, 0.15) is 27.9 Å². The van der Waals surface area contributed by atoms with Gasteiger partial charge in [0.2, 0.25) is 0 Å². The molecular formula is C22H27N3O. The molecule has 1 amide bonds. The number of hydrogen-bond acceptors (Lipinski definition) is 3.